The van der Waals surface area contributed by atoms with E-state index in [4.69, 9.17) is 0 Å². The van der Waals surface area contributed by atoms with Gasteiger partial charge in [-0.2, -0.15) is 18.3 Å². The maximum absolute atomic E-state index is 13.7. The summed E-state index contributed by atoms with van der Waals surface area (Å²) in [5, 5.41) is 3.57. The molecule has 0 saturated carbocycles. The lowest BCUT2D eigenvalue weighted by Crippen LogP contribution is -2.09. The molecule has 0 atom stereocenters. The molecule has 0 aliphatic carbocycles. The Labute approximate surface area is 159 Å². The van der Waals surface area contributed by atoms with Crippen molar-refractivity contribution in [3.05, 3.63) is 71.2 Å². The number of aliphatic imine (C=N–C) groups is 1. The molecule has 3 aromatic rings. The third kappa shape index (κ3) is 4.38. The Balaban J connectivity index is 2.06. The highest BCUT2D eigenvalue weighted by Crippen LogP contribution is 2.38. The summed E-state index contributed by atoms with van der Waals surface area (Å²) in [6.45, 7) is 0. The smallest absolute Gasteiger partial charge is 0.260 e. The van der Waals surface area contributed by atoms with Crippen LogP contribution in [0.1, 0.15) is 11.3 Å². The van der Waals surface area contributed by atoms with Crippen molar-refractivity contribution in [3.8, 4) is 0 Å². The van der Waals surface area contributed by atoms with Crippen LogP contribution in [0.25, 0.3) is 0 Å². The minimum Gasteiger partial charge on any atom is -0.260 e. The first-order valence-corrected chi connectivity index (χ1v) is 8.53. The van der Waals surface area contributed by atoms with Crippen LogP contribution in [0.15, 0.2) is 57.4 Å². The number of benzene rings is 2. The molecule has 0 radical (unpaired) electrons. The lowest BCUT2D eigenvalue weighted by molar-refractivity contribution is -0.141. The molecule has 3 rings (SSSR count). The van der Waals surface area contributed by atoms with E-state index in [0.29, 0.717) is 11.0 Å². The molecular weight excluding hydrogens is 404 g/mol. The van der Waals surface area contributed by atoms with Crippen molar-refractivity contribution in [3.63, 3.8) is 0 Å². The maximum Gasteiger partial charge on any atom is 0.435 e. The normalized spacial score (nSPS) is 12.1. The molecule has 0 unspecified atom stereocenters. The third-order valence-corrected chi connectivity index (χ3v) is 4.75. The summed E-state index contributed by atoms with van der Waals surface area (Å²) >= 11 is 0.917. The molecule has 0 N–H and O–H groups in total. The number of alkyl halides is 3. The van der Waals surface area contributed by atoms with Crippen molar-refractivity contribution in [1.29, 1.82) is 0 Å². The molecule has 0 saturated heterocycles. The Morgan fingerprint density at radius 3 is 2.25 bits per heavy atom. The van der Waals surface area contributed by atoms with Crippen molar-refractivity contribution in [1.82, 2.24) is 9.78 Å². The summed E-state index contributed by atoms with van der Waals surface area (Å²) in [6, 6.07) is 7.68. The van der Waals surface area contributed by atoms with E-state index < -0.39 is 29.3 Å². The van der Waals surface area contributed by atoms with Gasteiger partial charge in [0.25, 0.3) is 0 Å². The lowest BCUT2D eigenvalue weighted by Gasteiger charge is -2.05. The molecule has 146 valence electrons. The Bertz CT molecular complexity index is 1030. The van der Waals surface area contributed by atoms with Gasteiger partial charge in [-0.15, -0.1) is 0 Å². The van der Waals surface area contributed by atoms with Crippen molar-refractivity contribution < 1.29 is 26.3 Å². The van der Waals surface area contributed by atoms with E-state index in [1.165, 1.54) is 31.3 Å². The second-order valence-corrected chi connectivity index (χ2v) is 6.66. The summed E-state index contributed by atoms with van der Waals surface area (Å²) in [5.41, 5.74) is -1.91. The predicted molar refractivity (Wildman–Crippen MR) is 92.3 cm³/mol. The van der Waals surface area contributed by atoms with E-state index in [1.807, 2.05) is 0 Å². The van der Waals surface area contributed by atoms with Crippen molar-refractivity contribution in [2.75, 3.05) is 0 Å². The number of nitrogens with zero attached hydrogens (tertiary/aromatic N) is 3. The monoisotopic (exact) mass is 415 g/mol. The van der Waals surface area contributed by atoms with Gasteiger partial charge in [0.15, 0.2) is 11.5 Å². The molecule has 1 heterocycles. The Morgan fingerprint density at radius 1 is 1.00 bits per heavy atom. The van der Waals surface area contributed by atoms with Crippen LogP contribution in [0.3, 0.4) is 0 Å². The van der Waals surface area contributed by atoms with Crippen LogP contribution >= 0.6 is 11.8 Å². The quantitative estimate of drug-likeness (QED) is 0.401. The van der Waals surface area contributed by atoms with E-state index in [1.54, 1.807) is 0 Å². The van der Waals surface area contributed by atoms with E-state index >= 15 is 0 Å². The Hall–Kier alpha value is -2.75. The van der Waals surface area contributed by atoms with Crippen LogP contribution in [-0.4, -0.2) is 16.0 Å². The lowest BCUT2D eigenvalue weighted by atomic mass is 10.2. The third-order valence-electron chi connectivity index (χ3n) is 3.57. The average molecular weight is 415 g/mol. The van der Waals surface area contributed by atoms with Crippen LogP contribution in [0.5, 0.6) is 0 Å². The number of aryl methyl sites for hydroxylation is 1. The number of hydrogen-bond acceptors (Lipinski definition) is 3. The predicted octanol–water partition coefficient (Wildman–Crippen LogP) is 5.76. The molecule has 0 aliphatic rings. The van der Waals surface area contributed by atoms with Crippen molar-refractivity contribution in [2.24, 2.45) is 12.0 Å². The largest absolute Gasteiger partial charge is 0.435 e. The standard InChI is InChI=1S/C18H11F6N3S/c1-27-17(28-12-5-2-10(19)3-6-12)13(16(26-27)18(22,23)24)9-25-15-7-4-11(20)8-14(15)21/h2-9H,1H3. The minimum atomic E-state index is -4.78. The van der Waals surface area contributed by atoms with Crippen molar-refractivity contribution >= 4 is 23.7 Å². The summed E-state index contributed by atoms with van der Waals surface area (Å²) < 4.78 is 80.9. The zero-order valence-electron chi connectivity index (χ0n) is 14.1. The molecule has 0 bridgehead atoms. The first kappa shape index (κ1) is 20.0. The van der Waals surface area contributed by atoms with Gasteiger partial charge in [0.1, 0.15) is 16.7 Å². The van der Waals surface area contributed by atoms with E-state index in [9.17, 15) is 26.3 Å². The highest BCUT2D eigenvalue weighted by molar-refractivity contribution is 7.99. The number of aromatic nitrogens is 2. The number of hydrogen-bond donors (Lipinski definition) is 0. The number of rotatable bonds is 4. The zero-order chi connectivity index (χ0) is 20.5. The van der Waals surface area contributed by atoms with Gasteiger partial charge in [0.2, 0.25) is 0 Å². The highest BCUT2D eigenvalue weighted by Gasteiger charge is 2.38. The molecule has 2 aromatic carbocycles. The zero-order valence-corrected chi connectivity index (χ0v) is 15.0. The molecular formula is C18H11F6N3S. The number of halogens is 6. The van der Waals surface area contributed by atoms with Crippen LogP contribution in [0.4, 0.5) is 32.0 Å². The molecule has 0 fully saturated rings. The molecule has 1 aromatic heterocycles. The van der Waals surface area contributed by atoms with Gasteiger partial charge >= 0.3 is 6.18 Å². The SMILES string of the molecule is Cn1nc(C(F)(F)F)c(C=Nc2ccc(F)cc2F)c1Sc1ccc(F)cc1. The van der Waals surface area contributed by atoms with Crippen molar-refractivity contribution in [2.45, 2.75) is 16.1 Å². The first-order valence-electron chi connectivity index (χ1n) is 7.72. The van der Waals surface area contributed by atoms with Crippen LogP contribution in [0.2, 0.25) is 0 Å². The van der Waals surface area contributed by atoms with Gasteiger partial charge in [0, 0.05) is 24.2 Å². The van der Waals surface area contributed by atoms with Crippen LogP contribution in [-0.2, 0) is 13.2 Å². The first-order chi connectivity index (χ1) is 13.1. The van der Waals surface area contributed by atoms with Gasteiger partial charge in [-0.1, -0.05) is 11.8 Å². The minimum absolute atomic E-state index is 0.0743. The summed E-state index contributed by atoms with van der Waals surface area (Å²) in [5.74, 6) is -2.33. The van der Waals surface area contributed by atoms with Gasteiger partial charge < -0.3 is 0 Å². The molecule has 0 aliphatic heterocycles. The fourth-order valence-corrected chi connectivity index (χ4v) is 3.23. The molecule has 0 spiro atoms. The van der Waals surface area contributed by atoms with E-state index in [-0.39, 0.29) is 16.3 Å². The molecule has 3 nitrogen and oxygen atoms in total. The van der Waals surface area contributed by atoms with Gasteiger partial charge in [-0.25, -0.2) is 13.2 Å². The maximum atomic E-state index is 13.7. The van der Waals surface area contributed by atoms with Gasteiger partial charge in [-0.05, 0) is 36.4 Å². The van der Waals surface area contributed by atoms with E-state index in [2.05, 4.69) is 10.1 Å². The molecule has 0 amide bonds. The van der Waals surface area contributed by atoms with Crippen LogP contribution < -0.4 is 0 Å². The summed E-state index contributed by atoms with van der Waals surface area (Å²) in [4.78, 5) is 4.20. The van der Waals surface area contributed by atoms with E-state index in [0.717, 1.165) is 34.8 Å². The Kier molecular flexibility index (Phi) is 5.50. The fraction of sp³-hybridized carbons (Fsp3) is 0.111. The molecule has 10 heteroatoms. The second kappa shape index (κ2) is 7.70. The van der Waals surface area contributed by atoms with Crippen LogP contribution in [0, 0.1) is 17.5 Å². The second-order valence-electron chi connectivity index (χ2n) is 5.60. The van der Waals surface area contributed by atoms with Gasteiger partial charge in [0.05, 0.1) is 11.3 Å². The fourth-order valence-electron chi connectivity index (χ4n) is 2.31. The summed E-state index contributed by atoms with van der Waals surface area (Å²) in [6.07, 6.45) is -3.94. The highest BCUT2D eigenvalue weighted by atomic mass is 32.2. The van der Waals surface area contributed by atoms with Gasteiger partial charge in [-0.3, -0.25) is 9.67 Å². The Morgan fingerprint density at radius 2 is 1.64 bits per heavy atom. The summed E-state index contributed by atoms with van der Waals surface area (Å²) in [7, 11) is 1.32. The topological polar surface area (TPSA) is 30.2 Å². The average Bonchev–Trinajstić information content (AvgIpc) is 2.92. The molecule has 28 heavy (non-hydrogen) atoms.